The summed E-state index contributed by atoms with van der Waals surface area (Å²) in [6, 6.07) is 0. The minimum Gasteiger partial charge on any atom is -0.479 e. The lowest BCUT2D eigenvalue weighted by atomic mass is 9.87. The number of carboxylic acid groups (broad SMARTS) is 1. The maximum absolute atomic E-state index is 13.4. The van der Waals surface area contributed by atoms with E-state index in [0.717, 1.165) is 32.9 Å². The Bertz CT molecular complexity index is 188. The van der Waals surface area contributed by atoms with Crippen LogP contribution in [-0.2, 0) is 4.79 Å². The highest BCUT2D eigenvalue weighted by Crippen LogP contribution is 2.26. The molecule has 0 amide bonds. The molecule has 2 N–H and O–H groups in total. The first-order chi connectivity index (χ1) is 6.02. The Morgan fingerprint density at radius 2 is 2.15 bits per heavy atom. The van der Waals surface area contributed by atoms with Crippen molar-refractivity contribution in [3.63, 3.8) is 0 Å². The van der Waals surface area contributed by atoms with Gasteiger partial charge in [-0.15, -0.1) is 0 Å². The van der Waals surface area contributed by atoms with Crippen molar-refractivity contribution in [3.8, 4) is 0 Å². The maximum Gasteiger partial charge on any atom is 0.341 e. The topological polar surface area (TPSA) is 49.3 Å². The third kappa shape index (κ3) is 2.95. The highest BCUT2D eigenvalue weighted by atomic mass is 19.1. The van der Waals surface area contributed by atoms with E-state index in [1.807, 2.05) is 0 Å². The summed E-state index contributed by atoms with van der Waals surface area (Å²) in [5.74, 6) is -1.13. The van der Waals surface area contributed by atoms with Gasteiger partial charge in [-0.05, 0) is 45.2 Å². The zero-order valence-electron chi connectivity index (χ0n) is 7.85. The van der Waals surface area contributed by atoms with Crippen LogP contribution < -0.4 is 5.32 Å². The summed E-state index contributed by atoms with van der Waals surface area (Å²) in [6.07, 6.45) is 1.91. The highest BCUT2D eigenvalue weighted by molar-refractivity contribution is 5.76. The predicted molar refractivity (Wildman–Crippen MR) is 47.4 cm³/mol. The van der Waals surface area contributed by atoms with E-state index in [1.54, 1.807) is 0 Å². The molecule has 1 saturated heterocycles. The molecule has 0 aliphatic carbocycles. The van der Waals surface area contributed by atoms with Crippen LogP contribution in [0.15, 0.2) is 0 Å². The van der Waals surface area contributed by atoms with Crippen molar-refractivity contribution in [3.05, 3.63) is 0 Å². The third-order valence-corrected chi connectivity index (χ3v) is 2.58. The summed E-state index contributed by atoms with van der Waals surface area (Å²) >= 11 is 0. The number of carboxylic acids is 1. The normalized spacial score (nSPS) is 23.8. The molecule has 1 aliphatic heterocycles. The van der Waals surface area contributed by atoms with Crippen LogP contribution in [0.5, 0.6) is 0 Å². The molecule has 0 aromatic rings. The first-order valence-electron chi connectivity index (χ1n) is 4.65. The van der Waals surface area contributed by atoms with Gasteiger partial charge < -0.3 is 10.4 Å². The smallest absolute Gasteiger partial charge is 0.341 e. The summed E-state index contributed by atoms with van der Waals surface area (Å²) in [5.41, 5.74) is -2.05. The Morgan fingerprint density at radius 1 is 1.62 bits per heavy atom. The van der Waals surface area contributed by atoms with Gasteiger partial charge in [0, 0.05) is 0 Å². The number of aliphatic carboxylic acids is 1. The van der Waals surface area contributed by atoms with Crippen LogP contribution in [0, 0.1) is 5.92 Å². The number of halogens is 1. The SMILES string of the molecule is CC(F)(CC1CCNCC1)C(=O)O. The van der Waals surface area contributed by atoms with E-state index in [9.17, 15) is 9.18 Å². The zero-order chi connectivity index (χ0) is 9.90. The van der Waals surface area contributed by atoms with Crippen LogP contribution in [0.1, 0.15) is 26.2 Å². The molecular formula is C9H16FNO2. The summed E-state index contributed by atoms with van der Waals surface area (Å²) in [4.78, 5) is 10.5. The number of piperidine rings is 1. The van der Waals surface area contributed by atoms with Gasteiger partial charge in [0.2, 0.25) is 5.67 Å². The molecule has 0 aromatic carbocycles. The average Bonchev–Trinajstić information content (AvgIpc) is 2.05. The van der Waals surface area contributed by atoms with E-state index in [1.165, 1.54) is 0 Å². The van der Waals surface area contributed by atoms with Crippen molar-refractivity contribution in [1.82, 2.24) is 5.32 Å². The minimum atomic E-state index is -2.05. The molecule has 4 heteroatoms. The van der Waals surface area contributed by atoms with Crippen LogP contribution in [0.2, 0.25) is 0 Å². The number of rotatable bonds is 3. The molecule has 1 atom stereocenters. The first-order valence-corrected chi connectivity index (χ1v) is 4.65. The molecule has 1 heterocycles. The van der Waals surface area contributed by atoms with E-state index in [2.05, 4.69) is 5.32 Å². The molecule has 0 aromatic heterocycles. The molecule has 3 nitrogen and oxygen atoms in total. The van der Waals surface area contributed by atoms with E-state index in [0.29, 0.717) is 0 Å². The summed E-state index contributed by atoms with van der Waals surface area (Å²) in [7, 11) is 0. The summed E-state index contributed by atoms with van der Waals surface area (Å²) in [6.45, 7) is 2.90. The van der Waals surface area contributed by atoms with E-state index in [4.69, 9.17) is 5.11 Å². The van der Waals surface area contributed by atoms with Crippen LogP contribution in [0.4, 0.5) is 4.39 Å². The second-order valence-electron chi connectivity index (χ2n) is 3.90. The van der Waals surface area contributed by atoms with Gasteiger partial charge in [-0.25, -0.2) is 9.18 Å². The van der Waals surface area contributed by atoms with E-state index >= 15 is 0 Å². The van der Waals surface area contributed by atoms with Gasteiger partial charge in [0.1, 0.15) is 0 Å². The number of hydrogen-bond acceptors (Lipinski definition) is 2. The third-order valence-electron chi connectivity index (χ3n) is 2.58. The van der Waals surface area contributed by atoms with Gasteiger partial charge in [0.25, 0.3) is 0 Å². The Morgan fingerprint density at radius 3 is 2.62 bits per heavy atom. The van der Waals surface area contributed by atoms with Crippen molar-refractivity contribution in [1.29, 1.82) is 0 Å². The van der Waals surface area contributed by atoms with Crippen molar-refractivity contribution < 1.29 is 14.3 Å². The largest absolute Gasteiger partial charge is 0.479 e. The van der Waals surface area contributed by atoms with Gasteiger partial charge in [-0.1, -0.05) is 0 Å². The molecule has 1 rings (SSSR count). The predicted octanol–water partition coefficient (Wildman–Crippen LogP) is 1.19. The van der Waals surface area contributed by atoms with E-state index in [-0.39, 0.29) is 12.3 Å². The Labute approximate surface area is 77.3 Å². The van der Waals surface area contributed by atoms with Crippen LogP contribution in [0.3, 0.4) is 0 Å². The molecule has 0 radical (unpaired) electrons. The van der Waals surface area contributed by atoms with Crippen LogP contribution in [-0.4, -0.2) is 29.8 Å². The Balaban J connectivity index is 2.41. The molecule has 0 spiro atoms. The molecule has 0 saturated carbocycles. The van der Waals surface area contributed by atoms with Gasteiger partial charge in [-0.3, -0.25) is 0 Å². The van der Waals surface area contributed by atoms with Crippen molar-refractivity contribution in [2.45, 2.75) is 31.9 Å². The molecule has 0 bridgehead atoms. The molecule has 1 aliphatic rings. The number of nitrogens with one attached hydrogen (secondary N) is 1. The second kappa shape index (κ2) is 4.05. The van der Waals surface area contributed by atoms with Gasteiger partial charge >= 0.3 is 5.97 Å². The molecular weight excluding hydrogens is 173 g/mol. The maximum atomic E-state index is 13.4. The van der Waals surface area contributed by atoms with Crippen LogP contribution >= 0.6 is 0 Å². The fraction of sp³-hybridized carbons (Fsp3) is 0.889. The van der Waals surface area contributed by atoms with Crippen molar-refractivity contribution in [2.75, 3.05) is 13.1 Å². The van der Waals surface area contributed by atoms with Crippen LogP contribution in [0.25, 0.3) is 0 Å². The fourth-order valence-electron chi connectivity index (χ4n) is 1.72. The first kappa shape index (κ1) is 10.4. The molecule has 13 heavy (non-hydrogen) atoms. The molecule has 1 unspecified atom stereocenters. The number of hydrogen-bond donors (Lipinski definition) is 2. The lowest BCUT2D eigenvalue weighted by molar-refractivity contribution is -0.151. The Kier molecular flexibility index (Phi) is 3.25. The number of carbonyl (C=O) groups is 1. The fourth-order valence-corrected chi connectivity index (χ4v) is 1.72. The average molecular weight is 189 g/mol. The standard InChI is InChI=1S/C9H16FNO2/c1-9(10,8(12)13)6-7-2-4-11-5-3-7/h7,11H,2-6H2,1H3,(H,12,13). The summed E-state index contributed by atoms with van der Waals surface area (Å²) in [5, 5.41) is 11.7. The number of alkyl halides is 1. The molecule has 1 fully saturated rings. The molecule has 76 valence electrons. The second-order valence-corrected chi connectivity index (χ2v) is 3.90. The monoisotopic (exact) mass is 189 g/mol. The zero-order valence-corrected chi connectivity index (χ0v) is 7.85. The minimum absolute atomic E-state index is 0.143. The van der Waals surface area contributed by atoms with E-state index < -0.39 is 11.6 Å². The van der Waals surface area contributed by atoms with Gasteiger partial charge in [-0.2, -0.15) is 0 Å². The lowest BCUT2D eigenvalue weighted by Crippen LogP contribution is -2.36. The van der Waals surface area contributed by atoms with Crippen molar-refractivity contribution >= 4 is 5.97 Å². The van der Waals surface area contributed by atoms with Gasteiger partial charge in [0.05, 0.1) is 0 Å². The Hall–Kier alpha value is -0.640. The summed E-state index contributed by atoms with van der Waals surface area (Å²) < 4.78 is 13.4. The van der Waals surface area contributed by atoms with Crippen molar-refractivity contribution in [2.24, 2.45) is 5.92 Å². The quantitative estimate of drug-likeness (QED) is 0.701. The van der Waals surface area contributed by atoms with Gasteiger partial charge in [0.15, 0.2) is 0 Å². The lowest BCUT2D eigenvalue weighted by Gasteiger charge is -2.26. The highest BCUT2D eigenvalue weighted by Gasteiger charge is 2.35.